The first-order valence-corrected chi connectivity index (χ1v) is 10.5. The number of benzene rings is 1. The Morgan fingerprint density at radius 2 is 2.17 bits per heavy atom. The van der Waals surface area contributed by atoms with Crippen molar-refractivity contribution in [3.05, 3.63) is 42.5 Å². The molecule has 0 saturated heterocycles. The first kappa shape index (κ1) is 19.8. The molecule has 0 heterocycles. The SMILES string of the molecule is C=CCOc1ccccc1C(C#N)OP(=O)(OCC)SCCC. The number of para-hydroxylation sites is 1. The maximum atomic E-state index is 12.8. The largest absolute Gasteiger partial charge is 0.489 e. The van der Waals surface area contributed by atoms with Crippen molar-refractivity contribution in [3.8, 4) is 11.8 Å². The first-order chi connectivity index (χ1) is 11.1. The van der Waals surface area contributed by atoms with E-state index in [-0.39, 0.29) is 6.61 Å². The maximum absolute atomic E-state index is 12.8. The molecule has 0 radical (unpaired) electrons. The number of hydrogen-bond donors (Lipinski definition) is 0. The lowest BCUT2D eigenvalue weighted by Gasteiger charge is -2.21. The Balaban J connectivity index is 3.01. The van der Waals surface area contributed by atoms with Crippen LogP contribution in [0.25, 0.3) is 0 Å². The van der Waals surface area contributed by atoms with E-state index < -0.39 is 12.9 Å². The molecule has 0 bridgehead atoms. The van der Waals surface area contributed by atoms with E-state index in [2.05, 4.69) is 6.58 Å². The van der Waals surface area contributed by atoms with Gasteiger partial charge in [0.05, 0.1) is 12.7 Å². The zero-order valence-electron chi connectivity index (χ0n) is 13.4. The van der Waals surface area contributed by atoms with Crippen molar-refractivity contribution in [2.45, 2.75) is 26.4 Å². The number of nitriles is 1. The Kier molecular flexibility index (Phi) is 9.05. The van der Waals surface area contributed by atoms with Gasteiger partial charge in [0.2, 0.25) is 0 Å². The molecular weight excluding hydrogens is 333 g/mol. The van der Waals surface area contributed by atoms with E-state index in [4.69, 9.17) is 13.8 Å². The van der Waals surface area contributed by atoms with Gasteiger partial charge in [-0.05, 0) is 30.8 Å². The third-order valence-electron chi connectivity index (χ3n) is 2.65. The van der Waals surface area contributed by atoms with E-state index in [0.29, 0.717) is 23.7 Å². The van der Waals surface area contributed by atoms with Crippen LogP contribution in [0, 0.1) is 11.3 Å². The van der Waals surface area contributed by atoms with Crippen molar-refractivity contribution in [3.63, 3.8) is 0 Å². The molecule has 0 saturated carbocycles. The standard InChI is InChI=1S/C16H22NO4PS/c1-4-11-19-15-10-8-7-9-14(15)16(13-17)21-22(18,20-6-3)23-12-5-2/h4,7-10,16H,1,5-6,11-12H2,2-3H3. The molecule has 0 spiro atoms. The highest BCUT2D eigenvalue weighted by Crippen LogP contribution is 2.63. The lowest BCUT2D eigenvalue weighted by molar-refractivity contribution is 0.194. The van der Waals surface area contributed by atoms with Gasteiger partial charge in [0.1, 0.15) is 12.4 Å². The minimum atomic E-state index is -3.40. The molecule has 1 aromatic rings. The van der Waals surface area contributed by atoms with Crippen molar-refractivity contribution in [1.82, 2.24) is 0 Å². The molecule has 7 heteroatoms. The first-order valence-electron chi connectivity index (χ1n) is 7.40. The van der Waals surface area contributed by atoms with Crippen LogP contribution in [0.15, 0.2) is 36.9 Å². The van der Waals surface area contributed by atoms with Gasteiger partial charge in [0.25, 0.3) is 0 Å². The molecule has 2 unspecified atom stereocenters. The van der Waals surface area contributed by atoms with E-state index in [9.17, 15) is 9.83 Å². The van der Waals surface area contributed by atoms with Crippen LogP contribution in [0.5, 0.6) is 5.75 Å². The highest BCUT2D eigenvalue weighted by atomic mass is 32.7. The number of rotatable bonds is 11. The Labute approximate surface area is 141 Å². The Morgan fingerprint density at radius 1 is 1.43 bits per heavy atom. The minimum absolute atomic E-state index is 0.251. The van der Waals surface area contributed by atoms with Crippen LogP contribution in [0.2, 0.25) is 0 Å². The molecule has 5 nitrogen and oxygen atoms in total. The molecule has 0 aliphatic carbocycles. The van der Waals surface area contributed by atoms with Crippen LogP contribution < -0.4 is 4.74 Å². The molecule has 1 rings (SSSR count). The molecule has 0 aliphatic heterocycles. The zero-order valence-corrected chi connectivity index (χ0v) is 15.1. The lowest BCUT2D eigenvalue weighted by atomic mass is 10.1. The van der Waals surface area contributed by atoms with E-state index in [1.165, 1.54) is 0 Å². The van der Waals surface area contributed by atoms with Gasteiger partial charge in [-0.25, -0.2) is 4.57 Å². The molecule has 1 aromatic carbocycles. The smallest absolute Gasteiger partial charge is 0.390 e. The van der Waals surface area contributed by atoms with Crippen LogP contribution in [0.1, 0.15) is 31.9 Å². The summed E-state index contributed by atoms with van der Waals surface area (Å²) in [6.45, 7) is 4.47. The average molecular weight is 355 g/mol. The van der Waals surface area contributed by atoms with Crippen molar-refractivity contribution in [2.75, 3.05) is 19.0 Å². The molecular formula is C16H22NO4PS. The molecule has 0 aromatic heterocycles. The van der Waals surface area contributed by atoms with E-state index >= 15 is 0 Å². The number of nitrogens with zero attached hydrogens (tertiary/aromatic N) is 1. The van der Waals surface area contributed by atoms with Gasteiger partial charge in [-0.2, -0.15) is 5.26 Å². The average Bonchev–Trinajstić information content (AvgIpc) is 2.57. The third kappa shape index (κ3) is 6.40. The molecule has 0 fully saturated rings. The van der Waals surface area contributed by atoms with E-state index in [0.717, 1.165) is 17.8 Å². The van der Waals surface area contributed by atoms with Gasteiger partial charge in [-0.3, -0.25) is 4.52 Å². The molecule has 23 heavy (non-hydrogen) atoms. The summed E-state index contributed by atoms with van der Waals surface area (Å²) in [5, 5.41) is 9.45. The van der Waals surface area contributed by atoms with Crippen LogP contribution in [-0.4, -0.2) is 19.0 Å². The third-order valence-corrected chi connectivity index (χ3v) is 6.67. The molecule has 126 valence electrons. The van der Waals surface area contributed by atoms with Gasteiger partial charge in [0, 0.05) is 11.3 Å². The quantitative estimate of drug-likeness (QED) is 0.405. The highest BCUT2D eigenvalue weighted by molar-refractivity contribution is 8.55. The summed E-state index contributed by atoms with van der Waals surface area (Å²) in [6, 6.07) is 9.05. The Morgan fingerprint density at radius 3 is 2.78 bits per heavy atom. The molecule has 2 atom stereocenters. The topological polar surface area (TPSA) is 68.5 Å². The highest BCUT2D eigenvalue weighted by Gasteiger charge is 2.31. The van der Waals surface area contributed by atoms with E-state index in [1.807, 2.05) is 13.0 Å². The van der Waals surface area contributed by atoms with Gasteiger partial charge in [0.15, 0.2) is 6.10 Å². The van der Waals surface area contributed by atoms with Crippen molar-refractivity contribution in [1.29, 1.82) is 5.26 Å². The zero-order chi connectivity index (χ0) is 17.1. The summed E-state index contributed by atoms with van der Waals surface area (Å²) in [6.07, 6.45) is 1.42. The van der Waals surface area contributed by atoms with Gasteiger partial charge in [-0.15, -0.1) is 0 Å². The minimum Gasteiger partial charge on any atom is -0.489 e. The van der Waals surface area contributed by atoms with Crippen molar-refractivity contribution < 1.29 is 18.3 Å². The summed E-state index contributed by atoms with van der Waals surface area (Å²) < 4.78 is 29.1. The maximum Gasteiger partial charge on any atom is 0.390 e. The summed E-state index contributed by atoms with van der Waals surface area (Å²) in [5.74, 6) is 1.13. The molecule has 0 aliphatic rings. The van der Waals surface area contributed by atoms with Crippen LogP contribution in [0.4, 0.5) is 0 Å². The van der Waals surface area contributed by atoms with Gasteiger partial charge >= 0.3 is 6.80 Å². The Hall–Kier alpha value is -1.25. The Bertz CT molecular complexity index is 588. The summed E-state index contributed by atoms with van der Waals surface area (Å²) in [7, 11) is 0. The number of ether oxygens (including phenoxy) is 1. The van der Waals surface area contributed by atoms with Crippen LogP contribution >= 0.6 is 18.2 Å². The van der Waals surface area contributed by atoms with E-state index in [1.54, 1.807) is 37.3 Å². The normalized spacial score (nSPS) is 14.5. The second-order valence-electron chi connectivity index (χ2n) is 4.45. The molecule has 0 N–H and O–H groups in total. The molecule has 0 amide bonds. The number of hydrogen-bond acceptors (Lipinski definition) is 6. The fourth-order valence-corrected chi connectivity index (χ4v) is 5.25. The van der Waals surface area contributed by atoms with Crippen LogP contribution in [-0.2, 0) is 13.6 Å². The van der Waals surface area contributed by atoms with Crippen LogP contribution in [0.3, 0.4) is 0 Å². The van der Waals surface area contributed by atoms with Crippen molar-refractivity contribution in [2.24, 2.45) is 0 Å². The van der Waals surface area contributed by atoms with Crippen molar-refractivity contribution >= 4 is 18.2 Å². The van der Waals surface area contributed by atoms with Gasteiger partial charge in [-0.1, -0.05) is 37.8 Å². The second-order valence-corrected chi connectivity index (χ2v) is 8.60. The summed E-state index contributed by atoms with van der Waals surface area (Å²) >= 11 is 1.11. The monoisotopic (exact) mass is 355 g/mol. The van der Waals surface area contributed by atoms with Gasteiger partial charge < -0.3 is 9.26 Å². The summed E-state index contributed by atoms with van der Waals surface area (Å²) in [4.78, 5) is 0. The predicted molar refractivity (Wildman–Crippen MR) is 93.6 cm³/mol. The lowest BCUT2D eigenvalue weighted by Crippen LogP contribution is -2.05. The fraction of sp³-hybridized carbons (Fsp3) is 0.438. The predicted octanol–water partition coefficient (Wildman–Crippen LogP) is 5.12. The second kappa shape index (κ2) is 10.5. The summed E-state index contributed by atoms with van der Waals surface area (Å²) in [5.41, 5.74) is 0.522. The fourth-order valence-electron chi connectivity index (χ4n) is 1.72.